The van der Waals surface area contributed by atoms with Gasteiger partial charge in [0.15, 0.2) is 0 Å². The Morgan fingerprint density at radius 1 is 1.24 bits per heavy atom. The molecule has 3 N–H and O–H groups in total. The lowest BCUT2D eigenvalue weighted by atomic mass is 9.76. The summed E-state index contributed by atoms with van der Waals surface area (Å²) >= 11 is 0. The minimum atomic E-state index is -0.547. The third-order valence-electron chi connectivity index (χ3n) is 6.80. The lowest BCUT2D eigenvalue weighted by Gasteiger charge is -2.36. The Balaban J connectivity index is 1.46. The molecule has 1 aromatic carbocycles. The Bertz CT molecular complexity index is 1070. The molecule has 0 bridgehead atoms. The summed E-state index contributed by atoms with van der Waals surface area (Å²) in [6, 6.07) is 6.07. The first-order valence-corrected chi connectivity index (χ1v) is 11.8. The first-order chi connectivity index (χ1) is 16.3. The van der Waals surface area contributed by atoms with Crippen molar-refractivity contribution in [2.24, 2.45) is 17.1 Å². The van der Waals surface area contributed by atoms with E-state index in [1.165, 1.54) is 24.3 Å². The van der Waals surface area contributed by atoms with Gasteiger partial charge in [-0.3, -0.25) is 14.3 Å². The number of amides is 2. The molecule has 9 nitrogen and oxygen atoms in total. The molecule has 3 heterocycles. The van der Waals surface area contributed by atoms with Crippen molar-refractivity contribution in [1.82, 2.24) is 15.1 Å². The fourth-order valence-electron chi connectivity index (χ4n) is 4.74. The van der Waals surface area contributed by atoms with E-state index in [2.05, 4.69) is 5.32 Å². The molecular formula is C25H32N4O5. The lowest BCUT2D eigenvalue weighted by Crippen LogP contribution is -2.41. The predicted molar refractivity (Wildman–Crippen MR) is 125 cm³/mol. The molecule has 1 spiro atoms. The highest BCUT2D eigenvalue weighted by Gasteiger charge is 2.39. The largest absolute Gasteiger partial charge is 0.462 e. The molecule has 2 aromatic rings. The molecule has 182 valence electrons. The number of nitrogens with two attached hydrogens (primary N) is 1. The molecule has 9 heteroatoms. The van der Waals surface area contributed by atoms with Crippen molar-refractivity contribution in [3.8, 4) is 0 Å². The fraction of sp³-hybridized carbons (Fsp3) is 0.520. The predicted octanol–water partition coefficient (Wildman–Crippen LogP) is 2.12. The standard InChI is InChI=1S/C25H32N4O5/c1-3-19-21-20(12-25(15-27-23(21)31)8-10-33-11-9-25)29(28-19)13-16(2)14-34-24(32)18-6-4-17(5-7-18)22(26)30/h4-7,16H,3,8-15H2,1-2H3,(H2,26,30)(H,27,31)/t16-/m1/s1. The van der Waals surface area contributed by atoms with Gasteiger partial charge in [-0.25, -0.2) is 4.79 Å². The average molecular weight is 469 g/mol. The van der Waals surface area contributed by atoms with Crippen molar-refractivity contribution < 1.29 is 23.9 Å². The highest BCUT2D eigenvalue weighted by atomic mass is 16.5. The van der Waals surface area contributed by atoms with Crippen LogP contribution in [0.1, 0.15) is 69.2 Å². The molecule has 0 aliphatic carbocycles. The Morgan fingerprint density at radius 3 is 2.56 bits per heavy atom. The van der Waals surface area contributed by atoms with Crippen molar-refractivity contribution in [3.63, 3.8) is 0 Å². The molecule has 2 aliphatic heterocycles. The lowest BCUT2D eigenvalue weighted by molar-refractivity contribution is 0.0151. The van der Waals surface area contributed by atoms with Gasteiger partial charge in [-0.05, 0) is 55.4 Å². The number of aryl methyl sites for hydroxylation is 1. The second-order valence-corrected chi connectivity index (χ2v) is 9.42. The summed E-state index contributed by atoms with van der Waals surface area (Å²) < 4.78 is 13.0. The number of rotatable bonds is 7. The zero-order chi connectivity index (χ0) is 24.3. The number of esters is 1. The van der Waals surface area contributed by atoms with E-state index in [0.717, 1.165) is 30.7 Å². The summed E-state index contributed by atoms with van der Waals surface area (Å²) in [6.45, 7) is 6.79. The van der Waals surface area contributed by atoms with E-state index >= 15 is 0 Å². The van der Waals surface area contributed by atoms with Crippen molar-refractivity contribution in [3.05, 3.63) is 52.3 Å². The first kappa shape index (κ1) is 23.9. The number of benzene rings is 1. The maximum absolute atomic E-state index is 13.0. The van der Waals surface area contributed by atoms with Crippen LogP contribution in [0.25, 0.3) is 0 Å². The van der Waals surface area contributed by atoms with E-state index in [-0.39, 0.29) is 23.8 Å². The maximum atomic E-state index is 13.0. The van der Waals surface area contributed by atoms with Crippen molar-refractivity contribution in [2.75, 3.05) is 26.4 Å². The Morgan fingerprint density at radius 2 is 1.91 bits per heavy atom. The molecule has 1 saturated heterocycles. The molecule has 0 unspecified atom stereocenters. The van der Waals surface area contributed by atoms with E-state index < -0.39 is 11.9 Å². The quantitative estimate of drug-likeness (QED) is 0.600. The van der Waals surface area contributed by atoms with Crippen LogP contribution in [0.15, 0.2) is 24.3 Å². The van der Waals surface area contributed by atoms with Gasteiger partial charge in [0.25, 0.3) is 5.91 Å². The van der Waals surface area contributed by atoms with Crippen LogP contribution in [0.2, 0.25) is 0 Å². The van der Waals surface area contributed by atoms with Crippen LogP contribution in [0, 0.1) is 11.3 Å². The number of carbonyl (C=O) groups excluding carboxylic acids is 3. The first-order valence-electron chi connectivity index (χ1n) is 11.8. The van der Waals surface area contributed by atoms with Crippen LogP contribution in [-0.2, 0) is 28.9 Å². The Hall–Kier alpha value is -3.20. The number of ether oxygens (including phenoxy) is 2. The van der Waals surface area contributed by atoms with Gasteiger partial charge in [-0.15, -0.1) is 0 Å². The number of primary amides is 1. The molecule has 1 aromatic heterocycles. The number of hydrogen-bond acceptors (Lipinski definition) is 6. The highest BCUT2D eigenvalue weighted by molar-refractivity contribution is 5.97. The van der Waals surface area contributed by atoms with Gasteiger partial charge < -0.3 is 20.5 Å². The molecule has 4 rings (SSSR count). The second kappa shape index (κ2) is 9.97. The maximum Gasteiger partial charge on any atom is 0.338 e. The molecule has 1 fully saturated rings. The highest BCUT2D eigenvalue weighted by Crippen LogP contribution is 2.37. The number of hydrogen-bond donors (Lipinski definition) is 2. The smallest absolute Gasteiger partial charge is 0.338 e. The normalized spacial score (nSPS) is 18.0. The molecular weight excluding hydrogens is 436 g/mol. The second-order valence-electron chi connectivity index (χ2n) is 9.42. The van der Waals surface area contributed by atoms with Crippen molar-refractivity contribution >= 4 is 17.8 Å². The number of fused-ring (bicyclic) bond motifs is 1. The van der Waals surface area contributed by atoms with E-state index in [1.807, 2.05) is 18.5 Å². The number of carbonyl (C=O) groups is 3. The van der Waals surface area contributed by atoms with Crippen LogP contribution < -0.4 is 11.1 Å². The number of aromatic nitrogens is 2. The van der Waals surface area contributed by atoms with Gasteiger partial charge >= 0.3 is 5.97 Å². The number of nitrogens with one attached hydrogen (secondary N) is 1. The van der Waals surface area contributed by atoms with Gasteiger partial charge in [0.2, 0.25) is 5.91 Å². The summed E-state index contributed by atoms with van der Waals surface area (Å²) in [6.07, 6.45) is 3.25. The minimum Gasteiger partial charge on any atom is -0.462 e. The summed E-state index contributed by atoms with van der Waals surface area (Å²) in [5.41, 5.74) is 8.38. The van der Waals surface area contributed by atoms with E-state index in [4.69, 9.17) is 20.3 Å². The molecule has 0 saturated carbocycles. The van der Waals surface area contributed by atoms with Crippen LogP contribution in [0.3, 0.4) is 0 Å². The van der Waals surface area contributed by atoms with E-state index in [1.54, 1.807) is 0 Å². The molecule has 2 amide bonds. The van der Waals surface area contributed by atoms with Crippen molar-refractivity contribution in [1.29, 1.82) is 0 Å². The zero-order valence-electron chi connectivity index (χ0n) is 19.8. The van der Waals surface area contributed by atoms with Gasteiger partial charge in [-0.2, -0.15) is 5.10 Å². The molecule has 1 atom stereocenters. The van der Waals surface area contributed by atoms with Crippen LogP contribution in [0.5, 0.6) is 0 Å². The van der Waals surface area contributed by atoms with Crippen LogP contribution >= 0.6 is 0 Å². The Kier molecular flexibility index (Phi) is 7.02. The summed E-state index contributed by atoms with van der Waals surface area (Å²) in [5, 5.41) is 7.90. The summed E-state index contributed by atoms with van der Waals surface area (Å²) in [5.74, 6) is -1.08. The minimum absolute atomic E-state index is 0.0143. The molecule has 34 heavy (non-hydrogen) atoms. The van der Waals surface area contributed by atoms with Gasteiger partial charge in [0.05, 0.1) is 29.1 Å². The van der Waals surface area contributed by atoms with Gasteiger partial charge in [0.1, 0.15) is 0 Å². The summed E-state index contributed by atoms with van der Waals surface area (Å²) in [7, 11) is 0. The zero-order valence-corrected chi connectivity index (χ0v) is 19.8. The topological polar surface area (TPSA) is 126 Å². The van der Waals surface area contributed by atoms with Crippen LogP contribution in [-0.4, -0.2) is 53.9 Å². The van der Waals surface area contributed by atoms with E-state index in [0.29, 0.717) is 49.4 Å². The SMILES string of the molecule is CCc1nn(C[C@@H](C)COC(=O)c2ccc(C(N)=O)cc2)c2c1C(=O)NCC1(CCOCC1)C2. The molecule has 2 aliphatic rings. The third-order valence-corrected chi connectivity index (χ3v) is 6.80. The molecule has 0 radical (unpaired) electrons. The van der Waals surface area contributed by atoms with Crippen LogP contribution in [0.4, 0.5) is 0 Å². The van der Waals surface area contributed by atoms with Crippen molar-refractivity contribution in [2.45, 2.75) is 46.1 Å². The van der Waals surface area contributed by atoms with E-state index in [9.17, 15) is 14.4 Å². The third kappa shape index (κ3) is 4.99. The Labute approximate surface area is 199 Å². The number of nitrogens with zero attached hydrogens (tertiary/aromatic N) is 2. The monoisotopic (exact) mass is 468 g/mol. The fourth-order valence-corrected chi connectivity index (χ4v) is 4.74. The average Bonchev–Trinajstić information content (AvgIpc) is 3.11. The van der Waals surface area contributed by atoms with Gasteiger partial charge in [-0.1, -0.05) is 13.8 Å². The van der Waals surface area contributed by atoms with Gasteiger partial charge in [0, 0.05) is 37.8 Å². The summed E-state index contributed by atoms with van der Waals surface area (Å²) in [4.78, 5) is 36.6.